The third-order valence-corrected chi connectivity index (χ3v) is 3.99. The third-order valence-electron chi connectivity index (χ3n) is 3.05. The second-order valence-corrected chi connectivity index (χ2v) is 4.99. The normalized spacial score (nSPS) is 41.7. The van der Waals surface area contributed by atoms with Gasteiger partial charge in [-0.2, -0.15) is 0 Å². The summed E-state index contributed by atoms with van der Waals surface area (Å²) >= 11 is 2.36. The van der Waals surface area contributed by atoms with Crippen molar-refractivity contribution in [2.75, 3.05) is 4.43 Å². The van der Waals surface area contributed by atoms with Gasteiger partial charge >= 0.3 is 0 Å². The van der Waals surface area contributed by atoms with E-state index in [0.717, 1.165) is 17.3 Å². The van der Waals surface area contributed by atoms with Crippen LogP contribution in [0.25, 0.3) is 0 Å². The summed E-state index contributed by atoms with van der Waals surface area (Å²) in [6, 6.07) is 0. The molecule has 3 atom stereocenters. The second kappa shape index (κ2) is 3.66. The largest absolute Gasteiger partial charge is 0.390 e. The molecule has 70 valence electrons. The molecule has 0 amide bonds. The van der Waals surface area contributed by atoms with Crippen LogP contribution in [0, 0.1) is 11.8 Å². The molecule has 0 spiro atoms. The molecule has 1 aliphatic rings. The van der Waals surface area contributed by atoms with Crippen molar-refractivity contribution in [3.05, 3.63) is 12.2 Å². The molecule has 12 heavy (non-hydrogen) atoms. The van der Waals surface area contributed by atoms with E-state index in [9.17, 15) is 5.11 Å². The Morgan fingerprint density at radius 3 is 2.67 bits per heavy atom. The van der Waals surface area contributed by atoms with Gasteiger partial charge in [-0.3, -0.25) is 0 Å². The predicted molar refractivity (Wildman–Crippen MR) is 60.5 cm³/mol. The van der Waals surface area contributed by atoms with Crippen LogP contribution in [0.2, 0.25) is 0 Å². The van der Waals surface area contributed by atoms with Crippen LogP contribution in [0.4, 0.5) is 0 Å². The quantitative estimate of drug-likeness (QED) is 0.468. The number of hydrogen-bond acceptors (Lipinski definition) is 1. The van der Waals surface area contributed by atoms with E-state index in [-0.39, 0.29) is 0 Å². The van der Waals surface area contributed by atoms with Gasteiger partial charge in [0.05, 0.1) is 5.60 Å². The average Bonchev–Trinajstić information content (AvgIpc) is 2.24. The van der Waals surface area contributed by atoms with Crippen LogP contribution in [0.1, 0.15) is 26.7 Å². The molecule has 1 N–H and O–H groups in total. The van der Waals surface area contributed by atoms with Crippen molar-refractivity contribution in [1.29, 1.82) is 0 Å². The van der Waals surface area contributed by atoms with E-state index < -0.39 is 5.60 Å². The van der Waals surface area contributed by atoms with E-state index in [0.29, 0.717) is 11.8 Å². The van der Waals surface area contributed by atoms with Gasteiger partial charge in [0.2, 0.25) is 0 Å². The molecule has 0 heterocycles. The van der Waals surface area contributed by atoms with Gasteiger partial charge in [-0.05, 0) is 32.6 Å². The van der Waals surface area contributed by atoms with Crippen molar-refractivity contribution >= 4 is 22.6 Å². The van der Waals surface area contributed by atoms with E-state index in [2.05, 4.69) is 36.1 Å². The Kier molecular flexibility index (Phi) is 3.21. The number of alkyl halides is 1. The van der Waals surface area contributed by atoms with Gasteiger partial charge in [0.25, 0.3) is 0 Å². The lowest BCUT2D eigenvalue weighted by Crippen LogP contribution is -2.33. The van der Waals surface area contributed by atoms with Crippen molar-refractivity contribution in [1.82, 2.24) is 0 Å². The minimum Gasteiger partial charge on any atom is -0.390 e. The van der Waals surface area contributed by atoms with Crippen LogP contribution in [-0.4, -0.2) is 15.1 Å². The number of halogens is 1. The van der Waals surface area contributed by atoms with Crippen LogP contribution in [0.15, 0.2) is 12.2 Å². The molecule has 0 aromatic carbocycles. The SMILES string of the molecule is C=C(C)[C@@H]1CC[C@@](C)(O)[C@H]1CI. The summed E-state index contributed by atoms with van der Waals surface area (Å²) in [5.74, 6) is 0.951. The van der Waals surface area contributed by atoms with Crippen molar-refractivity contribution < 1.29 is 5.11 Å². The Morgan fingerprint density at radius 2 is 2.33 bits per heavy atom. The lowest BCUT2D eigenvalue weighted by Gasteiger charge is -2.27. The summed E-state index contributed by atoms with van der Waals surface area (Å²) < 4.78 is 1.03. The highest BCUT2D eigenvalue weighted by Gasteiger charge is 2.43. The first-order chi connectivity index (χ1) is 5.49. The first-order valence-electron chi connectivity index (χ1n) is 4.43. The maximum absolute atomic E-state index is 10.0. The minimum absolute atomic E-state index is 0.413. The summed E-state index contributed by atoms with van der Waals surface area (Å²) in [6.45, 7) is 8.02. The van der Waals surface area contributed by atoms with Crippen molar-refractivity contribution in [2.24, 2.45) is 11.8 Å². The molecular weight excluding hydrogens is 263 g/mol. The fourth-order valence-corrected chi connectivity index (χ4v) is 3.69. The molecular formula is C10H17IO. The molecule has 1 nitrogen and oxygen atoms in total. The van der Waals surface area contributed by atoms with E-state index in [1.54, 1.807) is 0 Å². The Bertz CT molecular complexity index is 186. The molecule has 1 fully saturated rings. The van der Waals surface area contributed by atoms with Gasteiger partial charge in [0, 0.05) is 10.3 Å². The van der Waals surface area contributed by atoms with E-state index in [1.807, 2.05) is 6.92 Å². The van der Waals surface area contributed by atoms with E-state index in [4.69, 9.17) is 0 Å². The van der Waals surface area contributed by atoms with Crippen molar-refractivity contribution in [3.8, 4) is 0 Å². The standard InChI is InChI=1S/C10H17IO/c1-7(2)8-4-5-10(3,12)9(8)6-11/h8-9,12H,1,4-6H2,2-3H3/t8-,9-,10+/m0/s1. The number of allylic oxidation sites excluding steroid dienone is 1. The van der Waals surface area contributed by atoms with Crippen LogP contribution in [0.5, 0.6) is 0 Å². The number of rotatable bonds is 2. The summed E-state index contributed by atoms with van der Waals surface area (Å²) in [5, 5.41) is 10.0. The Hall–Kier alpha value is 0.430. The summed E-state index contributed by atoms with van der Waals surface area (Å²) in [7, 11) is 0. The average molecular weight is 280 g/mol. The van der Waals surface area contributed by atoms with Gasteiger partial charge in [-0.25, -0.2) is 0 Å². The van der Waals surface area contributed by atoms with Crippen molar-refractivity contribution in [2.45, 2.75) is 32.3 Å². The smallest absolute Gasteiger partial charge is 0.0661 e. The summed E-state index contributed by atoms with van der Waals surface area (Å²) in [5.41, 5.74) is 0.777. The predicted octanol–water partition coefficient (Wildman–Crippen LogP) is 2.77. The molecule has 1 aliphatic carbocycles. The zero-order chi connectivity index (χ0) is 9.35. The highest BCUT2D eigenvalue weighted by atomic mass is 127. The monoisotopic (exact) mass is 280 g/mol. The van der Waals surface area contributed by atoms with Crippen molar-refractivity contribution in [3.63, 3.8) is 0 Å². The Labute approximate surface area is 88.4 Å². The maximum Gasteiger partial charge on any atom is 0.0661 e. The lowest BCUT2D eigenvalue weighted by atomic mass is 9.86. The molecule has 1 saturated carbocycles. The van der Waals surface area contributed by atoms with Gasteiger partial charge in [-0.15, -0.1) is 0 Å². The fraction of sp³-hybridized carbons (Fsp3) is 0.800. The second-order valence-electron chi connectivity index (χ2n) is 4.11. The van der Waals surface area contributed by atoms with E-state index >= 15 is 0 Å². The molecule has 0 radical (unpaired) electrons. The first-order valence-corrected chi connectivity index (χ1v) is 5.95. The van der Waals surface area contributed by atoms with Crippen LogP contribution in [0.3, 0.4) is 0 Å². The zero-order valence-electron chi connectivity index (χ0n) is 7.81. The minimum atomic E-state index is -0.454. The van der Waals surface area contributed by atoms with E-state index in [1.165, 1.54) is 5.57 Å². The van der Waals surface area contributed by atoms with Gasteiger partial charge in [0.15, 0.2) is 0 Å². The topological polar surface area (TPSA) is 20.2 Å². The van der Waals surface area contributed by atoms with Gasteiger partial charge < -0.3 is 5.11 Å². The van der Waals surface area contributed by atoms with Crippen LogP contribution in [-0.2, 0) is 0 Å². The summed E-state index contributed by atoms with van der Waals surface area (Å²) in [6.07, 6.45) is 2.04. The molecule has 0 aromatic rings. The summed E-state index contributed by atoms with van der Waals surface area (Å²) in [4.78, 5) is 0. The Balaban J connectivity index is 2.76. The molecule has 0 aromatic heterocycles. The fourth-order valence-electron chi connectivity index (χ4n) is 2.13. The molecule has 0 aliphatic heterocycles. The first kappa shape index (κ1) is 10.5. The van der Waals surface area contributed by atoms with Gasteiger partial charge in [0.1, 0.15) is 0 Å². The number of hydrogen-bond donors (Lipinski definition) is 1. The lowest BCUT2D eigenvalue weighted by molar-refractivity contribution is 0.0248. The van der Waals surface area contributed by atoms with Crippen LogP contribution >= 0.6 is 22.6 Å². The highest BCUT2D eigenvalue weighted by Crippen LogP contribution is 2.43. The van der Waals surface area contributed by atoms with Crippen LogP contribution < -0.4 is 0 Å². The molecule has 2 heteroatoms. The molecule has 0 unspecified atom stereocenters. The Morgan fingerprint density at radius 1 is 1.75 bits per heavy atom. The number of aliphatic hydroxyl groups is 1. The molecule has 0 saturated heterocycles. The van der Waals surface area contributed by atoms with Gasteiger partial charge in [-0.1, -0.05) is 34.7 Å². The zero-order valence-corrected chi connectivity index (χ0v) is 9.97. The third kappa shape index (κ3) is 1.84. The molecule has 1 rings (SSSR count). The highest BCUT2D eigenvalue weighted by molar-refractivity contribution is 14.1. The maximum atomic E-state index is 10.0. The molecule has 0 bridgehead atoms.